The van der Waals surface area contributed by atoms with Crippen LogP contribution in [-0.4, -0.2) is 42.6 Å². The summed E-state index contributed by atoms with van der Waals surface area (Å²) in [6.07, 6.45) is 4.34. The fourth-order valence-corrected chi connectivity index (χ4v) is 3.31. The first-order valence-electron chi connectivity index (χ1n) is 8.92. The number of hydrogen-bond acceptors (Lipinski definition) is 8. The Morgan fingerprint density at radius 3 is 2.63 bits per heavy atom. The Hall–Kier alpha value is -3.37. The second-order valence-corrected chi connectivity index (χ2v) is 8.50. The zero-order valence-corrected chi connectivity index (χ0v) is 17.5. The summed E-state index contributed by atoms with van der Waals surface area (Å²) in [7, 11) is -1.85. The second kappa shape index (κ2) is 8.97. The number of carbonyl (C=O) groups excluding carboxylic acids is 1. The van der Waals surface area contributed by atoms with Gasteiger partial charge in [-0.25, -0.2) is 18.4 Å². The third-order valence-corrected chi connectivity index (χ3v) is 4.97. The van der Waals surface area contributed by atoms with Gasteiger partial charge in [-0.2, -0.15) is 0 Å². The quantitative estimate of drug-likeness (QED) is 0.590. The van der Waals surface area contributed by atoms with Crippen LogP contribution in [0.15, 0.2) is 53.8 Å². The average Bonchev–Trinajstić information content (AvgIpc) is 2.68. The molecule has 0 spiro atoms. The molecule has 0 aromatic carbocycles. The van der Waals surface area contributed by atoms with Gasteiger partial charge in [0.15, 0.2) is 14.9 Å². The van der Waals surface area contributed by atoms with E-state index in [1.807, 2.05) is 12.1 Å². The summed E-state index contributed by atoms with van der Waals surface area (Å²) in [6, 6.07) is 10.0. The van der Waals surface area contributed by atoms with Crippen molar-refractivity contribution in [1.29, 1.82) is 0 Å². The van der Waals surface area contributed by atoms with E-state index in [9.17, 15) is 13.2 Å². The smallest absolute Gasteiger partial charge is 0.222 e. The van der Waals surface area contributed by atoms with E-state index in [2.05, 4.69) is 25.6 Å². The lowest BCUT2D eigenvalue weighted by Gasteiger charge is -2.14. The summed E-state index contributed by atoms with van der Waals surface area (Å²) >= 11 is 0. The molecule has 0 saturated heterocycles. The van der Waals surface area contributed by atoms with Crippen molar-refractivity contribution < 1.29 is 17.9 Å². The molecule has 0 unspecified atom stereocenters. The van der Waals surface area contributed by atoms with Crippen LogP contribution >= 0.6 is 0 Å². The van der Waals surface area contributed by atoms with Gasteiger partial charge in [0.25, 0.3) is 0 Å². The first-order valence-corrected chi connectivity index (χ1v) is 10.8. The molecular weight excluding hydrogens is 406 g/mol. The highest BCUT2D eigenvalue weighted by atomic mass is 32.2. The number of nitrogens with zero attached hydrogens (tertiary/aromatic N) is 3. The first-order chi connectivity index (χ1) is 14.3. The molecule has 2 N–H and O–H groups in total. The maximum Gasteiger partial charge on any atom is 0.222 e. The van der Waals surface area contributed by atoms with Crippen LogP contribution in [0.5, 0.6) is 0 Å². The molecule has 0 bridgehead atoms. The van der Waals surface area contributed by atoms with Crippen LogP contribution < -0.4 is 10.6 Å². The highest BCUT2D eigenvalue weighted by molar-refractivity contribution is 7.90. The SMILES string of the molecule is COCc1ccnc(-c2cnc(NC(C)=O)cc2Nc2cccc(S(C)(=O)=O)n2)c1. The molecule has 10 heteroatoms. The van der Waals surface area contributed by atoms with Gasteiger partial charge in [-0.15, -0.1) is 0 Å². The zero-order chi connectivity index (χ0) is 21.7. The van der Waals surface area contributed by atoms with Gasteiger partial charge in [-0.1, -0.05) is 6.07 Å². The van der Waals surface area contributed by atoms with Crippen LogP contribution in [0.25, 0.3) is 11.3 Å². The maximum absolute atomic E-state index is 11.8. The topological polar surface area (TPSA) is 123 Å². The van der Waals surface area contributed by atoms with Crippen LogP contribution in [0.2, 0.25) is 0 Å². The Morgan fingerprint density at radius 1 is 1.13 bits per heavy atom. The summed E-state index contributed by atoms with van der Waals surface area (Å²) in [6.45, 7) is 1.81. The molecule has 0 fully saturated rings. The van der Waals surface area contributed by atoms with E-state index in [-0.39, 0.29) is 10.9 Å². The van der Waals surface area contributed by atoms with E-state index in [1.165, 1.54) is 13.0 Å². The van der Waals surface area contributed by atoms with Crippen LogP contribution in [0.4, 0.5) is 17.3 Å². The fraction of sp³-hybridized carbons (Fsp3) is 0.200. The highest BCUT2D eigenvalue weighted by Crippen LogP contribution is 2.31. The molecule has 0 aliphatic heterocycles. The summed E-state index contributed by atoms with van der Waals surface area (Å²) < 4.78 is 28.8. The van der Waals surface area contributed by atoms with Gasteiger partial charge in [-0.05, 0) is 29.8 Å². The molecule has 1 amide bonds. The molecule has 0 atom stereocenters. The van der Waals surface area contributed by atoms with E-state index in [0.29, 0.717) is 35.2 Å². The predicted octanol–water partition coefficient (Wildman–Crippen LogP) is 2.79. The third-order valence-electron chi connectivity index (χ3n) is 3.99. The van der Waals surface area contributed by atoms with E-state index in [1.54, 1.807) is 37.7 Å². The van der Waals surface area contributed by atoms with Crippen molar-refractivity contribution in [3.8, 4) is 11.3 Å². The number of carbonyl (C=O) groups is 1. The van der Waals surface area contributed by atoms with Gasteiger partial charge in [0, 0.05) is 44.3 Å². The van der Waals surface area contributed by atoms with Gasteiger partial charge in [-0.3, -0.25) is 9.78 Å². The largest absolute Gasteiger partial charge is 0.380 e. The normalized spacial score (nSPS) is 11.2. The molecule has 0 aliphatic rings. The molecule has 0 radical (unpaired) electrons. The number of rotatable bonds is 7. The van der Waals surface area contributed by atoms with Gasteiger partial charge in [0.2, 0.25) is 5.91 Å². The minimum Gasteiger partial charge on any atom is -0.380 e. The van der Waals surface area contributed by atoms with Gasteiger partial charge in [0.1, 0.15) is 11.6 Å². The number of pyridine rings is 3. The monoisotopic (exact) mass is 427 g/mol. The number of nitrogens with one attached hydrogen (secondary N) is 2. The van der Waals surface area contributed by atoms with Gasteiger partial charge in [0.05, 0.1) is 18.0 Å². The van der Waals surface area contributed by atoms with Crippen molar-refractivity contribution in [2.24, 2.45) is 0 Å². The highest BCUT2D eigenvalue weighted by Gasteiger charge is 2.14. The Kier molecular flexibility index (Phi) is 6.38. The van der Waals surface area contributed by atoms with Crippen molar-refractivity contribution in [3.63, 3.8) is 0 Å². The number of ether oxygens (including phenoxy) is 1. The minimum atomic E-state index is -3.46. The van der Waals surface area contributed by atoms with Crippen molar-refractivity contribution in [2.45, 2.75) is 18.6 Å². The molecule has 0 saturated carbocycles. The number of amides is 1. The maximum atomic E-state index is 11.8. The lowest BCUT2D eigenvalue weighted by molar-refractivity contribution is -0.114. The zero-order valence-electron chi connectivity index (χ0n) is 16.7. The summed E-state index contributed by atoms with van der Waals surface area (Å²) in [4.78, 5) is 24.3. The molecule has 9 nitrogen and oxygen atoms in total. The number of hydrogen-bond donors (Lipinski definition) is 2. The fourth-order valence-electron chi connectivity index (χ4n) is 2.72. The molecule has 30 heavy (non-hydrogen) atoms. The van der Waals surface area contributed by atoms with E-state index in [4.69, 9.17) is 4.74 Å². The molecular formula is C20H21N5O4S. The Morgan fingerprint density at radius 2 is 1.93 bits per heavy atom. The Balaban J connectivity index is 2.06. The first kappa shape index (κ1) is 21.3. The lowest BCUT2D eigenvalue weighted by atomic mass is 10.1. The average molecular weight is 427 g/mol. The molecule has 0 aliphatic carbocycles. The van der Waals surface area contributed by atoms with Gasteiger partial charge >= 0.3 is 0 Å². The Bertz CT molecular complexity index is 1180. The summed E-state index contributed by atoms with van der Waals surface area (Å²) in [5.74, 6) is 0.395. The van der Waals surface area contributed by atoms with Crippen molar-refractivity contribution in [2.75, 3.05) is 24.0 Å². The van der Waals surface area contributed by atoms with Crippen molar-refractivity contribution in [1.82, 2.24) is 15.0 Å². The number of methoxy groups -OCH3 is 1. The van der Waals surface area contributed by atoms with Crippen LogP contribution in [0.1, 0.15) is 12.5 Å². The standard InChI is InChI=1S/C20H21N5O4S/c1-13(26)23-19-10-17(24-18-5-4-6-20(25-18)30(3,27)28)15(11-22-19)16-9-14(12-29-2)7-8-21-16/h4-11H,12H2,1-3H3,(H2,22,23,24,25,26). The minimum absolute atomic E-state index is 0.0505. The number of sulfone groups is 1. The molecule has 3 aromatic rings. The lowest BCUT2D eigenvalue weighted by Crippen LogP contribution is -2.09. The predicted molar refractivity (Wildman–Crippen MR) is 113 cm³/mol. The van der Waals surface area contributed by atoms with Crippen LogP contribution in [0.3, 0.4) is 0 Å². The number of aromatic nitrogens is 3. The summed E-state index contributed by atoms with van der Waals surface area (Å²) in [5, 5.41) is 5.69. The van der Waals surface area contributed by atoms with Crippen molar-refractivity contribution in [3.05, 3.63) is 54.4 Å². The van der Waals surface area contributed by atoms with Crippen molar-refractivity contribution >= 4 is 33.1 Å². The van der Waals surface area contributed by atoms with Gasteiger partial charge < -0.3 is 15.4 Å². The van der Waals surface area contributed by atoms with E-state index >= 15 is 0 Å². The Labute approximate surface area is 174 Å². The van der Waals surface area contributed by atoms with Crippen LogP contribution in [-0.2, 0) is 26.0 Å². The second-order valence-electron chi connectivity index (χ2n) is 6.54. The van der Waals surface area contributed by atoms with E-state index in [0.717, 1.165) is 11.8 Å². The third kappa shape index (κ3) is 5.37. The molecule has 3 heterocycles. The molecule has 156 valence electrons. The van der Waals surface area contributed by atoms with Crippen LogP contribution in [0, 0.1) is 0 Å². The number of anilines is 3. The molecule has 3 aromatic heterocycles. The molecule has 3 rings (SSSR count). The van der Waals surface area contributed by atoms with E-state index < -0.39 is 9.84 Å². The summed E-state index contributed by atoms with van der Waals surface area (Å²) in [5.41, 5.74) is 2.76.